The van der Waals surface area contributed by atoms with Gasteiger partial charge in [0.05, 0.1) is 11.8 Å². The topological polar surface area (TPSA) is 70.8 Å². The van der Waals surface area contributed by atoms with Gasteiger partial charge in [0, 0.05) is 50.1 Å². The van der Waals surface area contributed by atoms with Crippen molar-refractivity contribution in [3.63, 3.8) is 0 Å². The first kappa shape index (κ1) is 32.3. The quantitative estimate of drug-likeness (QED) is 0.227. The second-order valence-corrected chi connectivity index (χ2v) is 14.6. The van der Waals surface area contributed by atoms with Gasteiger partial charge in [-0.15, -0.1) is 0 Å². The summed E-state index contributed by atoms with van der Waals surface area (Å²) in [5, 5.41) is 15.4. The number of nitrogens with zero attached hydrogens (tertiary/aromatic N) is 4. The molecular formula is C39H51FN4O3. The van der Waals surface area contributed by atoms with Crippen molar-refractivity contribution in [2.24, 2.45) is 11.8 Å². The number of halogens is 1. The normalized spacial score (nSPS) is 24.0. The summed E-state index contributed by atoms with van der Waals surface area (Å²) in [6.07, 6.45) is 11.2. The highest BCUT2D eigenvalue weighted by molar-refractivity contribution is 5.74. The van der Waals surface area contributed by atoms with Gasteiger partial charge in [0.25, 0.3) is 0 Å². The third kappa shape index (κ3) is 7.75. The first-order chi connectivity index (χ1) is 22.9. The summed E-state index contributed by atoms with van der Waals surface area (Å²) < 4.78 is 22.5. The molecule has 3 aromatic rings. The molecule has 0 amide bonds. The largest absolute Gasteiger partial charge is 0.490 e. The minimum absolute atomic E-state index is 0.132. The van der Waals surface area contributed by atoms with E-state index < -0.39 is 12.0 Å². The van der Waals surface area contributed by atoms with Crippen molar-refractivity contribution < 1.29 is 19.0 Å². The Hall–Kier alpha value is -3.23. The molecule has 0 unspecified atom stereocenters. The maximum absolute atomic E-state index is 14.4. The molecular weight excluding hydrogens is 591 g/mol. The molecule has 8 heteroatoms. The molecule has 3 atom stereocenters. The Kier molecular flexibility index (Phi) is 9.96. The zero-order chi connectivity index (χ0) is 32.3. The number of piperidine rings is 1. The van der Waals surface area contributed by atoms with Crippen molar-refractivity contribution in [1.82, 2.24) is 19.6 Å². The SMILES string of the molecule is CCn1nc(Cc2ccc(OC3CC3)cc2)cc1C1CCN(C[C@H]2CN([C@@H](C(=O)O)C3CCCCC3)C[C@@H]2c2cccc(F)c2)CC1. The van der Waals surface area contributed by atoms with Gasteiger partial charge in [0.1, 0.15) is 17.6 Å². The Bertz CT molecular complexity index is 1490. The molecule has 2 saturated heterocycles. The number of aryl methyl sites for hydroxylation is 1. The minimum atomic E-state index is -0.692. The van der Waals surface area contributed by atoms with Gasteiger partial charge in [0.15, 0.2) is 0 Å². The Balaban J connectivity index is 0.998. The monoisotopic (exact) mass is 642 g/mol. The van der Waals surface area contributed by atoms with Crippen molar-refractivity contribution in [3.8, 4) is 5.75 Å². The zero-order valence-electron chi connectivity index (χ0n) is 27.9. The summed E-state index contributed by atoms with van der Waals surface area (Å²) in [6.45, 7) is 7.42. The number of rotatable bonds is 12. The Morgan fingerprint density at radius 1 is 0.979 bits per heavy atom. The summed E-state index contributed by atoms with van der Waals surface area (Å²) >= 11 is 0. The third-order valence-electron chi connectivity index (χ3n) is 11.3. The van der Waals surface area contributed by atoms with Gasteiger partial charge in [-0.05, 0) is 112 Å². The molecule has 2 aromatic carbocycles. The summed E-state index contributed by atoms with van der Waals surface area (Å²) in [7, 11) is 0. The molecule has 0 bridgehead atoms. The number of carbonyl (C=O) groups is 1. The van der Waals surface area contributed by atoms with E-state index in [1.165, 1.54) is 36.6 Å². The molecule has 1 aromatic heterocycles. The first-order valence-corrected chi connectivity index (χ1v) is 18.2. The average molecular weight is 643 g/mol. The smallest absolute Gasteiger partial charge is 0.321 e. The standard InChI is InChI=1S/C39H51FN4O3/c1-2-44-37(23-33(41-44)21-27-11-13-34(14-12-27)47-35-15-16-35)28-17-19-42(20-18-28)24-31-25-43(26-36(31)30-9-6-10-32(40)22-30)38(39(45)46)29-7-4-3-5-8-29/h6,9-14,22-23,28-29,31,35-36,38H,2-5,7-8,15-21,24-26H2,1H3,(H,45,46)/t31-,36+,38+/m0/s1. The number of hydrogen-bond donors (Lipinski definition) is 1. The summed E-state index contributed by atoms with van der Waals surface area (Å²) in [5.41, 5.74) is 4.72. The number of likely N-dealkylation sites (tertiary alicyclic amines) is 2. The number of aliphatic carboxylic acids is 1. The van der Waals surface area contributed by atoms with Crippen LogP contribution in [0.3, 0.4) is 0 Å². The fourth-order valence-corrected chi connectivity index (χ4v) is 8.71. The summed E-state index contributed by atoms with van der Waals surface area (Å²) in [4.78, 5) is 17.4. The molecule has 7 rings (SSSR count). The van der Waals surface area contributed by atoms with E-state index in [-0.39, 0.29) is 23.6 Å². The molecule has 4 fully saturated rings. The van der Waals surface area contributed by atoms with Crippen LogP contribution in [0.2, 0.25) is 0 Å². The molecule has 2 saturated carbocycles. The van der Waals surface area contributed by atoms with Gasteiger partial charge in [-0.2, -0.15) is 5.10 Å². The van der Waals surface area contributed by atoms with Crippen LogP contribution in [0.1, 0.15) is 99.1 Å². The Labute approximate surface area is 279 Å². The minimum Gasteiger partial charge on any atom is -0.490 e. The molecule has 3 heterocycles. The van der Waals surface area contributed by atoms with Gasteiger partial charge >= 0.3 is 5.97 Å². The zero-order valence-corrected chi connectivity index (χ0v) is 27.9. The van der Waals surface area contributed by atoms with E-state index in [4.69, 9.17) is 9.84 Å². The average Bonchev–Trinajstić information content (AvgIpc) is 3.66. The maximum Gasteiger partial charge on any atom is 0.321 e. The number of aromatic nitrogens is 2. The van der Waals surface area contributed by atoms with E-state index >= 15 is 0 Å². The highest BCUT2D eigenvalue weighted by Gasteiger charge is 2.43. The molecule has 47 heavy (non-hydrogen) atoms. The van der Waals surface area contributed by atoms with E-state index in [0.717, 1.165) is 94.7 Å². The lowest BCUT2D eigenvalue weighted by atomic mass is 9.83. The predicted octanol–water partition coefficient (Wildman–Crippen LogP) is 7.10. The molecule has 1 N–H and O–H groups in total. The fraction of sp³-hybridized carbons (Fsp3) is 0.590. The highest BCUT2D eigenvalue weighted by atomic mass is 19.1. The van der Waals surface area contributed by atoms with E-state index in [2.05, 4.69) is 51.7 Å². The number of benzene rings is 2. The van der Waals surface area contributed by atoms with Crippen molar-refractivity contribution in [3.05, 3.63) is 82.9 Å². The van der Waals surface area contributed by atoms with Gasteiger partial charge < -0.3 is 14.7 Å². The predicted molar refractivity (Wildman–Crippen MR) is 181 cm³/mol. The van der Waals surface area contributed by atoms with Crippen LogP contribution in [-0.4, -0.2) is 75.5 Å². The Morgan fingerprint density at radius 2 is 1.74 bits per heavy atom. The number of carboxylic acids is 1. The second kappa shape index (κ2) is 14.5. The second-order valence-electron chi connectivity index (χ2n) is 14.6. The van der Waals surface area contributed by atoms with Gasteiger partial charge in [0.2, 0.25) is 0 Å². The van der Waals surface area contributed by atoms with Gasteiger partial charge in [-0.25, -0.2) is 4.39 Å². The lowest BCUT2D eigenvalue weighted by molar-refractivity contribution is -0.145. The maximum atomic E-state index is 14.4. The van der Waals surface area contributed by atoms with Crippen LogP contribution in [0.5, 0.6) is 5.75 Å². The van der Waals surface area contributed by atoms with Gasteiger partial charge in [-0.1, -0.05) is 43.5 Å². The van der Waals surface area contributed by atoms with E-state index in [9.17, 15) is 14.3 Å². The van der Waals surface area contributed by atoms with Crippen LogP contribution in [0, 0.1) is 17.7 Å². The molecule has 0 radical (unpaired) electrons. The molecule has 4 aliphatic rings. The Morgan fingerprint density at radius 3 is 2.43 bits per heavy atom. The molecule has 252 valence electrons. The van der Waals surface area contributed by atoms with E-state index in [1.807, 2.05) is 6.07 Å². The lowest BCUT2D eigenvalue weighted by Gasteiger charge is -2.35. The lowest BCUT2D eigenvalue weighted by Crippen LogP contribution is -2.46. The van der Waals surface area contributed by atoms with Crippen molar-refractivity contribution in [2.75, 3.05) is 32.7 Å². The number of ether oxygens (including phenoxy) is 1. The van der Waals surface area contributed by atoms with E-state index in [0.29, 0.717) is 18.6 Å². The van der Waals surface area contributed by atoms with Crippen molar-refractivity contribution in [2.45, 2.75) is 102 Å². The summed E-state index contributed by atoms with van der Waals surface area (Å²) in [6, 6.07) is 17.4. The first-order valence-electron chi connectivity index (χ1n) is 18.2. The van der Waals surface area contributed by atoms with Crippen molar-refractivity contribution >= 4 is 5.97 Å². The third-order valence-corrected chi connectivity index (χ3v) is 11.3. The van der Waals surface area contributed by atoms with Crippen LogP contribution in [0.4, 0.5) is 4.39 Å². The highest BCUT2D eigenvalue weighted by Crippen LogP contribution is 2.39. The number of hydrogen-bond acceptors (Lipinski definition) is 5. The van der Waals surface area contributed by atoms with Gasteiger partial charge in [-0.3, -0.25) is 14.4 Å². The summed E-state index contributed by atoms with van der Waals surface area (Å²) in [5.74, 6) is 1.14. The fourth-order valence-electron chi connectivity index (χ4n) is 8.71. The van der Waals surface area contributed by atoms with E-state index in [1.54, 1.807) is 12.1 Å². The van der Waals surface area contributed by atoms with Crippen molar-refractivity contribution in [1.29, 1.82) is 0 Å². The van der Waals surface area contributed by atoms with Crippen LogP contribution in [0.25, 0.3) is 0 Å². The molecule has 0 spiro atoms. The van der Waals surface area contributed by atoms with Crippen LogP contribution in [-0.2, 0) is 17.8 Å². The molecule has 2 aliphatic carbocycles. The van der Waals surface area contributed by atoms with Crippen LogP contribution in [0.15, 0.2) is 54.6 Å². The molecule has 7 nitrogen and oxygen atoms in total. The molecule has 2 aliphatic heterocycles. The van der Waals surface area contributed by atoms with Crippen LogP contribution < -0.4 is 4.74 Å². The van der Waals surface area contributed by atoms with Crippen LogP contribution >= 0.6 is 0 Å². The number of carboxylic acid groups (broad SMARTS) is 1.